The molecule has 1 aromatic heterocycles. The van der Waals surface area contributed by atoms with Crippen LogP contribution in [0.1, 0.15) is 49.5 Å². The number of furan rings is 1. The molecule has 3 rings (SSSR count). The Bertz CT molecular complexity index is 1050. The summed E-state index contributed by atoms with van der Waals surface area (Å²) in [7, 11) is 3.89. The smallest absolute Gasteiger partial charge is 0.269 e. The highest BCUT2D eigenvalue weighted by Gasteiger charge is 2.33. The first-order chi connectivity index (χ1) is 14.5. The van der Waals surface area contributed by atoms with Gasteiger partial charge < -0.3 is 25.1 Å². The minimum atomic E-state index is -1.75. The van der Waals surface area contributed by atoms with Gasteiger partial charge in [0.2, 0.25) is 0 Å². The van der Waals surface area contributed by atoms with Crippen LogP contribution < -0.4 is 10.6 Å². The summed E-state index contributed by atoms with van der Waals surface area (Å²) in [6.07, 6.45) is 0. The molecule has 0 radical (unpaired) electrons. The molecular weight excluding hydrogens is 414 g/mol. The van der Waals surface area contributed by atoms with Crippen molar-refractivity contribution in [2.75, 3.05) is 19.4 Å². The molecule has 2 aromatic rings. The van der Waals surface area contributed by atoms with Gasteiger partial charge in [0.25, 0.3) is 11.2 Å². The molecule has 0 bridgehead atoms. The highest BCUT2D eigenvalue weighted by molar-refractivity contribution is 7.83. The van der Waals surface area contributed by atoms with Gasteiger partial charge in [0.1, 0.15) is 17.3 Å². The molecule has 1 unspecified atom stereocenters. The summed E-state index contributed by atoms with van der Waals surface area (Å²) in [5.74, 6) is 2.39. The van der Waals surface area contributed by atoms with E-state index < -0.39 is 11.2 Å². The third-order valence-electron chi connectivity index (χ3n) is 5.00. The maximum Gasteiger partial charge on any atom is 0.269 e. The predicted octanol–water partition coefficient (Wildman–Crippen LogP) is 3.84. The molecule has 3 N–H and O–H groups in total. The van der Waals surface area contributed by atoms with Crippen molar-refractivity contribution in [2.45, 2.75) is 47.2 Å². The Hall–Kier alpha value is -2.65. The Morgan fingerprint density at radius 3 is 2.39 bits per heavy atom. The van der Waals surface area contributed by atoms with Crippen LogP contribution in [0.15, 0.2) is 37.5 Å². The quantitative estimate of drug-likeness (QED) is 0.604. The SMILES string of the molecule is Cc1ccc([C@H](NC2=NS(=O)N=C2Nc2ccc(C)c(CN(C)C)c2O)C(C)(C)C)o1. The van der Waals surface area contributed by atoms with Crippen LogP contribution in [-0.2, 0) is 17.7 Å². The Morgan fingerprint density at radius 2 is 1.81 bits per heavy atom. The van der Waals surface area contributed by atoms with Crippen LogP contribution in [0.5, 0.6) is 5.75 Å². The van der Waals surface area contributed by atoms with Gasteiger partial charge in [0, 0.05) is 12.1 Å². The molecule has 0 amide bonds. The van der Waals surface area contributed by atoms with Crippen molar-refractivity contribution in [3.05, 3.63) is 46.9 Å². The second-order valence-electron chi connectivity index (χ2n) is 9.12. The lowest BCUT2D eigenvalue weighted by Gasteiger charge is -2.30. The second kappa shape index (κ2) is 8.84. The topological polar surface area (TPSA) is 102 Å². The highest BCUT2D eigenvalue weighted by Crippen LogP contribution is 2.35. The lowest BCUT2D eigenvalue weighted by atomic mass is 9.85. The number of hydrogen-bond acceptors (Lipinski definition) is 6. The van der Waals surface area contributed by atoms with Gasteiger partial charge >= 0.3 is 0 Å². The number of rotatable bonds is 5. The molecular formula is C22H31N5O3S. The standard InChI is InChI=1S/C22H31N5O3S/c1-13-8-10-16(18(28)15(13)12-27(6)7)23-20-21(26-31(29)25-20)24-19(22(3,4)5)17-11-9-14(2)30-17/h8-11,19,28H,12H2,1-7H3,(H,23,25)(H,24,26)/t19-,31?/m0/s1. The molecule has 0 saturated heterocycles. The summed E-state index contributed by atoms with van der Waals surface area (Å²) in [5, 5.41) is 17.3. The van der Waals surface area contributed by atoms with E-state index in [2.05, 4.69) is 40.2 Å². The van der Waals surface area contributed by atoms with Gasteiger partial charge in [-0.15, -0.1) is 8.80 Å². The molecule has 0 spiro atoms. The first-order valence-corrected chi connectivity index (χ1v) is 11.2. The van der Waals surface area contributed by atoms with E-state index in [4.69, 9.17) is 4.42 Å². The van der Waals surface area contributed by atoms with E-state index in [1.165, 1.54) is 0 Å². The number of anilines is 1. The van der Waals surface area contributed by atoms with E-state index in [0.717, 1.165) is 22.6 Å². The third-order valence-corrected chi connectivity index (χ3v) is 5.68. The average Bonchev–Trinajstić information content (AvgIpc) is 3.23. The van der Waals surface area contributed by atoms with Gasteiger partial charge in [-0.3, -0.25) is 0 Å². The monoisotopic (exact) mass is 445 g/mol. The summed E-state index contributed by atoms with van der Waals surface area (Å²) in [4.78, 5) is 1.99. The minimum Gasteiger partial charge on any atom is -0.505 e. The van der Waals surface area contributed by atoms with Gasteiger partial charge in [0.05, 0.1) is 11.7 Å². The van der Waals surface area contributed by atoms with Crippen molar-refractivity contribution < 1.29 is 13.7 Å². The van der Waals surface area contributed by atoms with Crippen LogP contribution in [0, 0.1) is 19.3 Å². The fraction of sp³-hybridized carbons (Fsp3) is 0.455. The summed E-state index contributed by atoms with van der Waals surface area (Å²) in [6, 6.07) is 7.32. The van der Waals surface area contributed by atoms with E-state index in [1.54, 1.807) is 6.07 Å². The number of nitrogens with zero attached hydrogens (tertiary/aromatic N) is 3. The molecule has 0 fully saturated rings. The summed E-state index contributed by atoms with van der Waals surface area (Å²) in [6.45, 7) is 10.7. The lowest BCUT2D eigenvalue weighted by molar-refractivity contribution is 0.261. The Morgan fingerprint density at radius 1 is 1.13 bits per heavy atom. The number of nitrogens with one attached hydrogen (secondary N) is 2. The summed E-state index contributed by atoms with van der Waals surface area (Å²) < 4.78 is 26.3. The molecule has 1 aromatic carbocycles. The Kier molecular flexibility index (Phi) is 6.56. The van der Waals surface area contributed by atoms with Crippen LogP contribution in [0.4, 0.5) is 5.69 Å². The van der Waals surface area contributed by atoms with Crippen molar-refractivity contribution in [1.82, 2.24) is 10.2 Å². The van der Waals surface area contributed by atoms with Crippen LogP contribution in [0.25, 0.3) is 0 Å². The predicted molar refractivity (Wildman–Crippen MR) is 126 cm³/mol. The van der Waals surface area contributed by atoms with Gasteiger partial charge in [-0.25, -0.2) is 4.21 Å². The summed E-state index contributed by atoms with van der Waals surface area (Å²) in [5.41, 5.74) is 2.07. The van der Waals surface area contributed by atoms with E-state index in [9.17, 15) is 9.32 Å². The van der Waals surface area contributed by atoms with E-state index in [1.807, 2.05) is 51.0 Å². The normalized spacial score (nSPS) is 17.5. The highest BCUT2D eigenvalue weighted by atomic mass is 32.2. The number of aromatic hydroxyl groups is 1. The maximum atomic E-state index is 12.1. The van der Waals surface area contributed by atoms with Crippen LogP contribution in [0.3, 0.4) is 0 Å². The lowest BCUT2D eigenvalue weighted by Crippen LogP contribution is -2.41. The Labute approximate surface area is 186 Å². The first kappa shape index (κ1) is 23.0. The molecule has 0 saturated carbocycles. The third kappa shape index (κ3) is 5.34. The fourth-order valence-electron chi connectivity index (χ4n) is 3.38. The molecule has 1 aliphatic heterocycles. The molecule has 8 nitrogen and oxygen atoms in total. The van der Waals surface area contributed by atoms with Gasteiger partial charge in [-0.1, -0.05) is 26.8 Å². The summed E-state index contributed by atoms with van der Waals surface area (Å²) >= 11 is -1.75. The number of aryl methyl sites for hydroxylation is 2. The molecule has 31 heavy (non-hydrogen) atoms. The molecule has 1 aliphatic rings. The van der Waals surface area contributed by atoms with Crippen LogP contribution in [0.2, 0.25) is 0 Å². The van der Waals surface area contributed by atoms with Gasteiger partial charge in [-0.05, 0) is 57.1 Å². The number of phenols is 1. The van der Waals surface area contributed by atoms with Crippen molar-refractivity contribution in [2.24, 2.45) is 14.2 Å². The Balaban J connectivity index is 1.89. The molecule has 168 valence electrons. The van der Waals surface area contributed by atoms with Crippen molar-refractivity contribution in [1.29, 1.82) is 0 Å². The largest absolute Gasteiger partial charge is 0.505 e. The fourth-order valence-corrected chi connectivity index (χ4v) is 4.01. The zero-order chi connectivity index (χ0) is 22.9. The second-order valence-corrected chi connectivity index (χ2v) is 9.95. The number of hydrogen-bond donors (Lipinski definition) is 3. The van der Waals surface area contributed by atoms with Crippen LogP contribution in [-0.4, -0.2) is 40.0 Å². The van der Waals surface area contributed by atoms with Gasteiger partial charge in [-0.2, -0.15) is 0 Å². The number of amidine groups is 2. The zero-order valence-electron chi connectivity index (χ0n) is 19.1. The zero-order valence-corrected chi connectivity index (χ0v) is 19.9. The van der Waals surface area contributed by atoms with Crippen LogP contribution >= 0.6 is 0 Å². The number of benzene rings is 1. The van der Waals surface area contributed by atoms with E-state index in [0.29, 0.717) is 23.9 Å². The molecule has 0 aliphatic carbocycles. The van der Waals surface area contributed by atoms with E-state index in [-0.39, 0.29) is 17.2 Å². The van der Waals surface area contributed by atoms with Crippen molar-refractivity contribution in [3.63, 3.8) is 0 Å². The molecule has 2 heterocycles. The van der Waals surface area contributed by atoms with Crippen molar-refractivity contribution >= 4 is 28.5 Å². The molecule has 9 heteroatoms. The first-order valence-electron chi connectivity index (χ1n) is 10.1. The maximum absolute atomic E-state index is 12.1. The van der Waals surface area contributed by atoms with E-state index >= 15 is 0 Å². The molecule has 2 atom stereocenters. The van der Waals surface area contributed by atoms with Gasteiger partial charge in [0.15, 0.2) is 11.7 Å². The van der Waals surface area contributed by atoms with Crippen molar-refractivity contribution in [3.8, 4) is 5.75 Å². The minimum absolute atomic E-state index is 0.141. The average molecular weight is 446 g/mol. The number of phenolic OH excluding ortho intramolecular Hbond substituents is 1.